The highest BCUT2D eigenvalue weighted by Gasteiger charge is 2.12. The predicted molar refractivity (Wildman–Crippen MR) is 107 cm³/mol. The van der Waals surface area contributed by atoms with Crippen molar-refractivity contribution in [2.45, 2.75) is 6.54 Å². The van der Waals surface area contributed by atoms with Crippen LogP contribution in [-0.2, 0) is 6.54 Å². The Balaban J connectivity index is 0.00000176. The second kappa shape index (κ2) is 8.67. The Morgan fingerprint density at radius 3 is 2.36 bits per heavy atom. The summed E-state index contributed by atoms with van der Waals surface area (Å²) in [5, 5.41) is 0. The van der Waals surface area contributed by atoms with Gasteiger partial charge in [0, 0.05) is 43.4 Å². The van der Waals surface area contributed by atoms with Crippen molar-refractivity contribution in [3.8, 4) is 0 Å². The number of benzene rings is 1. The summed E-state index contributed by atoms with van der Waals surface area (Å²) in [5.41, 5.74) is 8.56. The molecule has 2 aliphatic rings. The van der Waals surface area contributed by atoms with Crippen LogP contribution in [0.1, 0.15) is 5.56 Å². The lowest BCUT2D eigenvalue weighted by Gasteiger charge is -2.27. The van der Waals surface area contributed by atoms with Crippen LogP contribution in [0.5, 0.6) is 0 Å². The van der Waals surface area contributed by atoms with E-state index in [-0.39, 0.29) is 24.0 Å². The Labute approximate surface area is 153 Å². The molecule has 0 aliphatic carbocycles. The van der Waals surface area contributed by atoms with Crippen molar-refractivity contribution < 1.29 is 0 Å². The van der Waals surface area contributed by atoms with Crippen LogP contribution in [0.3, 0.4) is 0 Å². The van der Waals surface area contributed by atoms with E-state index in [0.717, 1.165) is 37.7 Å². The van der Waals surface area contributed by atoms with Gasteiger partial charge >= 0.3 is 0 Å². The van der Waals surface area contributed by atoms with Crippen LogP contribution < -0.4 is 10.6 Å². The molecule has 0 saturated carbocycles. The third-order valence-electron chi connectivity index (χ3n) is 3.88. The van der Waals surface area contributed by atoms with Crippen molar-refractivity contribution >= 4 is 47.4 Å². The number of hydrogen-bond donors (Lipinski definition) is 1. The molecule has 0 unspecified atom stereocenters. The Morgan fingerprint density at radius 2 is 1.73 bits per heavy atom. The van der Waals surface area contributed by atoms with Crippen molar-refractivity contribution in [3.05, 3.63) is 42.0 Å². The fourth-order valence-electron chi connectivity index (χ4n) is 2.57. The number of anilines is 1. The molecule has 4 nitrogen and oxygen atoms in total. The molecule has 1 aromatic rings. The van der Waals surface area contributed by atoms with Crippen molar-refractivity contribution in [1.82, 2.24) is 4.90 Å². The molecule has 0 bridgehead atoms. The minimum Gasteiger partial charge on any atom is -0.370 e. The van der Waals surface area contributed by atoms with Crippen molar-refractivity contribution in [2.24, 2.45) is 10.7 Å². The second-order valence-electron chi connectivity index (χ2n) is 5.32. The largest absolute Gasteiger partial charge is 0.370 e. The molecule has 120 valence electrons. The average Bonchev–Trinajstić information content (AvgIpc) is 3.08. The normalized spacial score (nSPS) is 18.5. The third-order valence-corrected chi connectivity index (χ3v) is 4.82. The topological polar surface area (TPSA) is 44.9 Å². The lowest BCUT2D eigenvalue weighted by molar-refractivity contribution is 0.455. The van der Waals surface area contributed by atoms with Gasteiger partial charge in [0.15, 0.2) is 5.96 Å². The highest BCUT2D eigenvalue weighted by atomic mass is 127. The van der Waals surface area contributed by atoms with E-state index in [1.165, 1.54) is 11.3 Å². The van der Waals surface area contributed by atoms with E-state index >= 15 is 0 Å². The summed E-state index contributed by atoms with van der Waals surface area (Å²) in [6.07, 6.45) is 4.41. The maximum Gasteiger partial charge on any atom is 0.191 e. The maximum absolute atomic E-state index is 6.08. The van der Waals surface area contributed by atoms with Gasteiger partial charge in [0.2, 0.25) is 0 Å². The number of guanidine groups is 1. The van der Waals surface area contributed by atoms with E-state index in [1.807, 2.05) is 11.8 Å². The molecule has 2 N–H and O–H groups in total. The Kier molecular flexibility index (Phi) is 6.88. The lowest BCUT2D eigenvalue weighted by atomic mass is 10.2. The van der Waals surface area contributed by atoms with Crippen LogP contribution >= 0.6 is 35.7 Å². The number of rotatable bonds is 3. The van der Waals surface area contributed by atoms with E-state index in [1.54, 1.807) is 0 Å². The number of nitrogens with zero attached hydrogens (tertiary/aromatic N) is 3. The van der Waals surface area contributed by atoms with Gasteiger partial charge in [0.25, 0.3) is 0 Å². The van der Waals surface area contributed by atoms with Gasteiger partial charge in [-0.2, -0.15) is 11.8 Å². The van der Waals surface area contributed by atoms with Gasteiger partial charge in [-0.25, -0.2) is 4.99 Å². The van der Waals surface area contributed by atoms with E-state index in [2.05, 4.69) is 51.2 Å². The molecule has 1 fully saturated rings. The van der Waals surface area contributed by atoms with Crippen LogP contribution in [-0.4, -0.2) is 48.5 Å². The van der Waals surface area contributed by atoms with Crippen LogP contribution in [0.15, 0.2) is 41.4 Å². The van der Waals surface area contributed by atoms with Crippen LogP contribution in [0.4, 0.5) is 5.69 Å². The highest BCUT2D eigenvalue weighted by Crippen LogP contribution is 2.18. The quantitative estimate of drug-likeness (QED) is 0.347. The molecule has 1 aromatic carbocycles. The molecular weight excluding hydrogens is 407 g/mol. The van der Waals surface area contributed by atoms with Gasteiger partial charge < -0.3 is 15.5 Å². The molecule has 0 atom stereocenters. The molecule has 0 radical (unpaired) electrons. The number of aliphatic imine (C=N–C) groups is 1. The molecule has 0 amide bonds. The maximum atomic E-state index is 6.08. The number of hydrogen-bond acceptors (Lipinski definition) is 3. The zero-order valence-corrected chi connectivity index (χ0v) is 15.8. The van der Waals surface area contributed by atoms with Crippen molar-refractivity contribution in [2.75, 3.05) is 42.6 Å². The SMILES string of the molecule is I.NC(=NCc1ccc(N2CC=CC2)cc1)N1CCSCC1. The minimum atomic E-state index is 0. The zero-order valence-electron chi connectivity index (χ0n) is 12.6. The summed E-state index contributed by atoms with van der Waals surface area (Å²) in [6, 6.07) is 8.64. The van der Waals surface area contributed by atoms with Gasteiger partial charge in [0.1, 0.15) is 0 Å². The molecule has 2 heterocycles. The summed E-state index contributed by atoms with van der Waals surface area (Å²) < 4.78 is 0. The van der Waals surface area contributed by atoms with Gasteiger partial charge in [-0.3, -0.25) is 0 Å². The molecule has 22 heavy (non-hydrogen) atoms. The monoisotopic (exact) mass is 430 g/mol. The van der Waals surface area contributed by atoms with Gasteiger partial charge in [-0.15, -0.1) is 24.0 Å². The molecule has 0 spiro atoms. The second-order valence-corrected chi connectivity index (χ2v) is 6.54. The first-order valence-electron chi connectivity index (χ1n) is 7.44. The van der Waals surface area contributed by atoms with E-state index in [4.69, 9.17) is 5.73 Å². The summed E-state index contributed by atoms with van der Waals surface area (Å²) in [4.78, 5) is 9.05. The average molecular weight is 430 g/mol. The summed E-state index contributed by atoms with van der Waals surface area (Å²) in [6.45, 7) is 4.71. The third kappa shape index (κ3) is 4.55. The van der Waals surface area contributed by atoms with Gasteiger partial charge in [-0.1, -0.05) is 24.3 Å². The molecular formula is C16H23IN4S. The summed E-state index contributed by atoms with van der Waals surface area (Å²) >= 11 is 1.98. The standard InChI is InChI=1S/C16H22N4S.HI/c17-16(20-9-11-21-12-10-20)18-13-14-3-5-15(6-4-14)19-7-1-2-8-19;/h1-6H,7-13H2,(H2,17,18);1H. The first-order valence-corrected chi connectivity index (χ1v) is 8.60. The van der Waals surface area contributed by atoms with Crippen LogP contribution in [0.2, 0.25) is 0 Å². The van der Waals surface area contributed by atoms with Crippen LogP contribution in [0, 0.1) is 0 Å². The van der Waals surface area contributed by atoms with Gasteiger partial charge in [0.05, 0.1) is 6.54 Å². The molecule has 2 aliphatic heterocycles. The fourth-order valence-corrected chi connectivity index (χ4v) is 3.47. The van der Waals surface area contributed by atoms with E-state index in [9.17, 15) is 0 Å². The van der Waals surface area contributed by atoms with E-state index in [0.29, 0.717) is 12.5 Å². The Bertz CT molecular complexity index is 515. The van der Waals surface area contributed by atoms with E-state index < -0.39 is 0 Å². The first kappa shape index (κ1) is 17.5. The molecule has 1 saturated heterocycles. The summed E-state index contributed by atoms with van der Waals surface area (Å²) in [7, 11) is 0. The van der Waals surface area contributed by atoms with Gasteiger partial charge in [-0.05, 0) is 17.7 Å². The molecule has 0 aromatic heterocycles. The number of thioether (sulfide) groups is 1. The summed E-state index contributed by atoms with van der Waals surface area (Å²) in [5.74, 6) is 2.98. The first-order chi connectivity index (χ1) is 10.3. The molecule has 6 heteroatoms. The fraction of sp³-hybridized carbons (Fsp3) is 0.438. The van der Waals surface area contributed by atoms with Crippen molar-refractivity contribution in [3.63, 3.8) is 0 Å². The Morgan fingerprint density at radius 1 is 1.09 bits per heavy atom. The molecule has 3 rings (SSSR count). The highest BCUT2D eigenvalue weighted by molar-refractivity contribution is 14.0. The van der Waals surface area contributed by atoms with Crippen molar-refractivity contribution in [1.29, 1.82) is 0 Å². The zero-order chi connectivity index (χ0) is 14.5. The number of nitrogens with two attached hydrogens (primary N) is 1. The predicted octanol–water partition coefficient (Wildman–Crippen LogP) is 2.54. The minimum absolute atomic E-state index is 0. The van der Waals surface area contributed by atoms with Crippen LogP contribution in [0.25, 0.3) is 0 Å². The smallest absolute Gasteiger partial charge is 0.191 e. The lowest BCUT2D eigenvalue weighted by Crippen LogP contribution is -2.42. The number of halogens is 1. The Hall–Kier alpha value is -0.890.